The molecule has 162 valence electrons. The number of hydrogen-bond acceptors (Lipinski definition) is 6. The van der Waals surface area contributed by atoms with Crippen molar-refractivity contribution in [1.82, 2.24) is 9.66 Å². The summed E-state index contributed by atoms with van der Waals surface area (Å²) in [5.41, 5.74) is 0.851. The van der Waals surface area contributed by atoms with Gasteiger partial charge in [0.15, 0.2) is 11.9 Å². The molecule has 0 aliphatic rings. The van der Waals surface area contributed by atoms with E-state index in [0.29, 0.717) is 28.7 Å². The molecule has 0 unspecified atom stereocenters. The van der Waals surface area contributed by atoms with Gasteiger partial charge in [0, 0.05) is 10.9 Å². The van der Waals surface area contributed by atoms with Gasteiger partial charge in [0.05, 0.1) is 34.3 Å². The lowest BCUT2D eigenvalue weighted by atomic mass is 10.2. The van der Waals surface area contributed by atoms with E-state index in [1.54, 1.807) is 24.3 Å². The summed E-state index contributed by atoms with van der Waals surface area (Å²) < 4.78 is 12.2. The summed E-state index contributed by atoms with van der Waals surface area (Å²) in [6.45, 7) is 3.42. The molecule has 0 N–H and O–H groups in total. The van der Waals surface area contributed by atoms with E-state index in [4.69, 9.17) is 27.9 Å². The summed E-state index contributed by atoms with van der Waals surface area (Å²) in [6.07, 6.45) is 1.09. The third kappa shape index (κ3) is 5.08. The van der Waals surface area contributed by atoms with Gasteiger partial charge in [-0.2, -0.15) is 9.78 Å². The van der Waals surface area contributed by atoms with Crippen LogP contribution in [0.15, 0.2) is 44.7 Å². The lowest BCUT2D eigenvalue weighted by molar-refractivity contribution is -0.147. The van der Waals surface area contributed by atoms with Crippen molar-refractivity contribution in [2.24, 2.45) is 5.10 Å². The second kappa shape index (κ2) is 9.80. The zero-order chi connectivity index (χ0) is 22.7. The fourth-order valence-electron chi connectivity index (χ4n) is 2.82. The van der Waals surface area contributed by atoms with Gasteiger partial charge in [0.25, 0.3) is 5.56 Å². The Labute approximate surface area is 196 Å². The smallest absolute Gasteiger partial charge is 0.346 e. The van der Waals surface area contributed by atoms with Crippen LogP contribution in [0.5, 0.6) is 5.75 Å². The number of aromatic nitrogens is 2. The lowest BCUT2D eigenvalue weighted by Gasteiger charge is -2.15. The number of nitrogens with zero attached hydrogens (tertiary/aromatic N) is 3. The molecule has 1 aromatic heterocycles. The standard InChI is InChI=1S/C21H18BrCl2N3O4/c1-4-18-26-17-6-5-13(22)9-14(17)20(28)27(18)25-10-12-7-15(23)19(16(24)8-12)31-11(2)21(29)30-3/h5-11H,4H2,1-3H3/t11-/m0/s1. The second-order valence-corrected chi connectivity index (χ2v) is 8.23. The van der Waals surface area contributed by atoms with Gasteiger partial charge < -0.3 is 9.47 Å². The topological polar surface area (TPSA) is 82.8 Å². The van der Waals surface area contributed by atoms with Crippen LogP contribution in [0.25, 0.3) is 10.9 Å². The van der Waals surface area contributed by atoms with Gasteiger partial charge in [-0.25, -0.2) is 9.78 Å². The van der Waals surface area contributed by atoms with E-state index in [1.165, 1.54) is 24.9 Å². The van der Waals surface area contributed by atoms with Gasteiger partial charge in [-0.15, -0.1) is 0 Å². The molecule has 0 spiro atoms. The molecular weight excluding hydrogens is 509 g/mol. The molecule has 3 rings (SSSR count). The minimum absolute atomic E-state index is 0.155. The molecule has 0 fully saturated rings. The van der Waals surface area contributed by atoms with E-state index < -0.39 is 12.1 Å². The molecular formula is C21H18BrCl2N3O4. The van der Waals surface area contributed by atoms with Crippen LogP contribution in [0.3, 0.4) is 0 Å². The number of ether oxygens (including phenoxy) is 2. The molecule has 0 saturated heterocycles. The van der Waals surface area contributed by atoms with Crippen molar-refractivity contribution in [3.63, 3.8) is 0 Å². The number of aryl methyl sites for hydroxylation is 1. The highest BCUT2D eigenvalue weighted by atomic mass is 79.9. The molecule has 1 atom stereocenters. The number of rotatable bonds is 6. The largest absolute Gasteiger partial charge is 0.476 e. The Morgan fingerprint density at radius 2 is 1.97 bits per heavy atom. The van der Waals surface area contributed by atoms with Crippen LogP contribution in [0.2, 0.25) is 10.0 Å². The molecule has 0 bridgehead atoms. The Morgan fingerprint density at radius 3 is 2.58 bits per heavy atom. The second-order valence-electron chi connectivity index (χ2n) is 6.50. The van der Waals surface area contributed by atoms with Gasteiger partial charge >= 0.3 is 5.97 Å². The molecule has 1 heterocycles. The van der Waals surface area contributed by atoms with Crippen molar-refractivity contribution >= 4 is 62.2 Å². The highest BCUT2D eigenvalue weighted by Crippen LogP contribution is 2.34. The normalized spacial score (nSPS) is 12.3. The number of esters is 1. The Bertz CT molecular complexity index is 1220. The van der Waals surface area contributed by atoms with E-state index in [-0.39, 0.29) is 21.4 Å². The van der Waals surface area contributed by atoms with Crippen molar-refractivity contribution in [2.75, 3.05) is 7.11 Å². The summed E-state index contributed by atoms with van der Waals surface area (Å²) in [7, 11) is 1.26. The minimum atomic E-state index is -0.881. The maximum Gasteiger partial charge on any atom is 0.346 e. The summed E-state index contributed by atoms with van der Waals surface area (Å²) in [5.74, 6) is 0.113. The van der Waals surface area contributed by atoms with E-state index in [1.807, 2.05) is 13.0 Å². The first kappa shape index (κ1) is 23.2. The van der Waals surface area contributed by atoms with Crippen molar-refractivity contribution in [3.05, 3.63) is 66.6 Å². The number of halogens is 3. The molecule has 31 heavy (non-hydrogen) atoms. The van der Waals surface area contributed by atoms with Crippen LogP contribution in [0.1, 0.15) is 25.2 Å². The average Bonchev–Trinajstić information content (AvgIpc) is 2.75. The third-order valence-corrected chi connectivity index (χ3v) is 5.42. The van der Waals surface area contributed by atoms with Crippen LogP contribution < -0.4 is 10.3 Å². The molecule has 10 heteroatoms. The molecule has 0 amide bonds. The number of fused-ring (bicyclic) bond motifs is 1. The molecule has 3 aromatic rings. The van der Waals surface area contributed by atoms with Gasteiger partial charge in [0.1, 0.15) is 5.82 Å². The van der Waals surface area contributed by atoms with E-state index in [0.717, 1.165) is 4.47 Å². The lowest BCUT2D eigenvalue weighted by Crippen LogP contribution is -2.25. The highest BCUT2D eigenvalue weighted by molar-refractivity contribution is 9.10. The molecule has 7 nitrogen and oxygen atoms in total. The molecule has 0 radical (unpaired) electrons. The Kier molecular flexibility index (Phi) is 7.35. The van der Waals surface area contributed by atoms with Crippen molar-refractivity contribution in [2.45, 2.75) is 26.4 Å². The number of hydrogen-bond donors (Lipinski definition) is 0. The monoisotopic (exact) mass is 525 g/mol. The predicted octanol–water partition coefficient (Wildman–Crippen LogP) is 4.85. The fourth-order valence-corrected chi connectivity index (χ4v) is 3.78. The first-order chi connectivity index (χ1) is 14.7. The Morgan fingerprint density at radius 1 is 1.29 bits per heavy atom. The SMILES string of the molecule is CCc1nc2ccc(Br)cc2c(=O)n1N=Cc1cc(Cl)c(O[C@@H](C)C(=O)OC)c(Cl)c1. The third-order valence-electron chi connectivity index (χ3n) is 4.36. The molecule has 0 aliphatic heterocycles. The quantitative estimate of drug-likeness (QED) is 0.338. The van der Waals surface area contributed by atoms with Gasteiger partial charge in [-0.1, -0.05) is 46.1 Å². The number of benzene rings is 2. The van der Waals surface area contributed by atoms with Crippen LogP contribution in [-0.4, -0.2) is 35.1 Å². The van der Waals surface area contributed by atoms with Crippen LogP contribution >= 0.6 is 39.1 Å². The zero-order valence-corrected chi connectivity index (χ0v) is 20.0. The number of carbonyl (C=O) groups excluding carboxylic acids is 1. The highest BCUT2D eigenvalue weighted by Gasteiger charge is 2.19. The first-order valence-corrected chi connectivity index (χ1v) is 10.8. The van der Waals surface area contributed by atoms with Crippen LogP contribution in [-0.2, 0) is 16.0 Å². The Balaban J connectivity index is 1.98. The number of carbonyl (C=O) groups is 1. The van der Waals surface area contributed by atoms with Crippen LogP contribution in [0, 0.1) is 0 Å². The van der Waals surface area contributed by atoms with E-state index in [9.17, 15) is 9.59 Å². The van der Waals surface area contributed by atoms with Crippen molar-refractivity contribution in [1.29, 1.82) is 0 Å². The van der Waals surface area contributed by atoms with E-state index >= 15 is 0 Å². The number of methoxy groups -OCH3 is 1. The van der Waals surface area contributed by atoms with Crippen LogP contribution in [0.4, 0.5) is 0 Å². The zero-order valence-electron chi connectivity index (χ0n) is 16.9. The first-order valence-electron chi connectivity index (χ1n) is 9.24. The minimum Gasteiger partial charge on any atom is -0.476 e. The summed E-state index contributed by atoms with van der Waals surface area (Å²) in [4.78, 5) is 29.1. The average molecular weight is 527 g/mol. The van der Waals surface area contributed by atoms with E-state index in [2.05, 4.69) is 30.8 Å². The van der Waals surface area contributed by atoms with Crippen molar-refractivity contribution in [3.8, 4) is 5.75 Å². The van der Waals surface area contributed by atoms with Gasteiger partial charge in [0.2, 0.25) is 0 Å². The van der Waals surface area contributed by atoms with Crippen molar-refractivity contribution < 1.29 is 14.3 Å². The van der Waals surface area contributed by atoms with Gasteiger partial charge in [-0.05, 0) is 42.8 Å². The molecule has 0 saturated carbocycles. The Hall–Kier alpha value is -2.42. The fraction of sp³-hybridized carbons (Fsp3) is 0.238. The molecule has 2 aromatic carbocycles. The maximum atomic E-state index is 13.0. The molecule has 0 aliphatic carbocycles. The predicted molar refractivity (Wildman–Crippen MR) is 125 cm³/mol. The summed E-state index contributed by atoms with van der Waals surface area (Å²) in [6, 6.07) is 8.45. The summed E-state index contributed by atoms with van der Waals surface area (Å²) in [5, 5.41) is 5.13. The van der Waals surface area contributed by atoms with Gasteiger partial charge in [-0.3, -0.25) is 4.79 Å². The maximum absolute atomic E-state index is 13.0. The summed E-state index contributed by atoms with van der Waals surface area (Å²) >= 11 is 15.9.